The number of rotatable bonds is 5. The second kappa shape index (κ2) is 9.16. The highest BCUT2D eigenvalue weighted by molar-refractivity contribution is 5.92. The van der Waals surface area contributed by atoms with Crippen molar-refractivity contribution in [1.82, 2.24) is 15.3 Å². The molecule has 1 aliphatic heterocycles. The van der Waals surface area contributed by atoms with Crippen molar-refractivity contribution in [3.05, 3.63) is 47.5 Å². The normalized spacial score (nSPS) is 32.5. The van der Waals surface area contributed by atoms with Gasteiger partial charge >= 0.3 is 0 Å². The van der Waals surface area contributed by atoms with Crippen LogP contribution >= 0.6 is 0 Å². The number of aliphatic hydroxyl groups is 2. The molecule has 0 spiro atoms. The van der Waals surface area contributed by atoms with Crippen LogP contribution in [-0.2, 0) is 5.60 Å². The summed E-state index contributed by atoms with van der Waals surface area (Å²) in [6.07, 6.45) is 6.28. The fraction of sp³-hybridized carbons (Fsp3) is 0.621. The van der Waals surface area contributed by atoms with Crippen LogP contribution in [-0.4, -0.2) is 63.4 Å². The number of nitrogens with one attached hydrogen (secondary N) is 1. The molecule has 3 atom stereocenters. The maximum atomic E-state index is 14.9. The number of anilines is 2. The zero-order valence-electron chi connectivity index (χ0n) is 22.4. The van der Waals surface area contributed by atoms with Gasteiger partial charge in [-0.3, -0.25) is 4.79 Å². The number of aromatic nitrogens is 2. The molecule has 1 aromatic carbocycles. The molecule has 1 amide bonds. The Kier molecular flexibility index (Phi) is 6.14. The van der Waals surface area contributed by atoms with Crippen LogP contribution in [0.15, 0.2) is 30.5 Å². The lowest BCUT2D eigenvalue weighted by Gasteiger charge is -2.58. The van der Waals surface area contributed by atoms with Crippen molar-refractivity contribution >= 4 is 17.5 Å². The van der Waals surface area contributed by atoms with Gasteiger partial charge in [0.2, 0.25) is 5.95 Å². The molecule has 1 aromatic heterocycles. The summed E-state index contributed by atoms with van der Waals surface area (Å²) < 4.78 is 14.9. The Morgan fingerprint density at radius 3 is 2.53 bits per heavy atom. The smallest absolute Gasteiger partial charge is 0.270 e. The zero-order valence-corrected chi connectivity index (χ0v) is 22.4. The molecule has 4 saturated carbocycles. The standard InChI is InChI=1S/C29H38FN5O3/c1-17-16-34(24-5-4-21(12-22(24)30)28(2,3)37)8-9-35(17)27-31-7-6-23(32-27)26(36)33-25-19-10-18-11-20(25)15-29(38,13-18)14-19/h4-7,12,17-20,25,37-38H,8-11,13-16H2,1-3H3,(H,33,36)/t17-,18?,19?,20?,25?,29?/m1/s1. The van der Waals surface area contributed by atoms with Crippen LogP contribution in [0.25, 0.3) is 0 Å². The number of hydrogen-bond acceptors (Lipinski definition) is 7. The minimum Gasteiger partial charge on any atom is -0.390 e. The van der Waals surface area contributed by atoms with Gasteiger partial charge < -0.3 is 25.3 Å². The number of nitrogens with zero attached hydrogens (tertiary/aromatic N) is 4. The molecule has 4 aliphatic carbocycles. The first kappa shape index (κ1) is 25.5. The molecule has 7 rings (SSSR count). The van der Waals surface area contributed by atoms with Crippen molar-refractivity contribution in [3.8, 4) is 0 Å². The van der Waals surface area contributed by atoms with E-state index >= 15 is 0 Å². The minimum absolute atomic E-state index is 0.000547. The topological polar surface area (TPSA) is 102 Å². The number of amides is 1. The summed E-state index contributed by atoms with van der Waals surface area (Å²) in [6.45, 7) is 7.08. The second-order valence-corrected chi connectivity index (χ2v) is 12.6. The third-order valence-corrected chi connectivity index (χ3v) is 9.29. The van der Waals surface area contributed by atoms with E-state index in [1.807, 2.05) is 11.8 Å². The lowest BCUT2D eigenvalue weighted by molar-refractivity contribution is -0.136. The van der Waals surface area contributed by atoms with E-state index in [0.717, 1.165) is 32.1 Å². The van der Waals surface area contributed by atoms with Gasteiger partial charge in [0, 0.05) is 37.9 Å². The number of halogens is 1. The second-order valence-electron chi connectivity index (χ2n) is 12.6. The molecule has 2 heterocycles. The van der Waals surface area contributed by atoms with E-state index in [1.54, 1.807) is 38.2 Å². The summed E-state index contributed by atoms with van der Waals surface area (Å²) in [4.78, 5) is 26.4. The monoisotopic (exact) mass is 523 g/mol. The van der Waals surface area contributed by atoms with E-state index < -0.39 is 11.2 Å². The third-order valence-electron chi connectivity index (χ3n) is 9.29. The molecule has 2 aromatic rings. The molecule has 2 unspecified atom stereocenters. The van der Waals surface area contributed by atoms with Crippen LogP contribution in [0.1, 0.15) is 68.9 Å². The first-order valence-corrected chi connectivity index (χ1v) is 13.9. The molecule has 4 bridgehead atoms. The summed E-state index contributed by atoms with van der Waals surface area (Å²) in [6, 6.07) is 6.66. The SMILES string of the molecule is C[C@@H]1CN(c2ccc(C(C)(C)O)cc2F)CCN1c1nccc(C(=O)NC2C3CC4CC2CC(O)(C4)C3)n1. The summed E-state index contributed by atoms with van der Waals surface area (Å²) >= 11 is 0. The lowest BCUT2D eigenvalue weighted by atomic mass is 9.52. The highest BCUT2D eigenvalue weighted by Gasteiger charge is 2.55. The van der Waals surface area contributed by atoms with Gasteiger partial charge in [-0.05, 0) is 94.4 Å². The van der Waals surface area contributed by atoms with Gasteiger partial charge in [0.05, 0.1) is 16.9 Å². The van der Waals surface area contributed by atoms with E-state index in [2.05, 4.69) is 20.2 Å². The van der Waals surface area contributed by atoms with Crippen molar-refractivity contribution in [3.63, 3.8) is 0 Å². The Labute approximate surface area is 223 Å². The highest BCUT2D eigenvalue weighted by Crippen LogP contribution is 2.55. The molecule has 9 heteroatoms. The van der Waals surface area contributed by atoms with Crippen molar-refractivity contribution in [1.29, 1.82) is 0 Å². The van der Waals surface area contributed by atoms with Crippen molar-refractivity contribution in [2.45, 2.75) is 76.2 Å². The first-order chi connectivity index (χ1) is 18.0. The van der Waals surface area contributed by atoms with Crippen molar-refractivity contribution in [2.75, 3.05) is 29.4 Å². The van der Waals surface area contributed by atoms with Gasteiger partial charge in [-0.15, -0.1) is 0 Å². The Bertz CT molecular complexity index is 1220. The summed E-state index contributed by atoms with van der Waals surface area (Å²) in [5.41, 5.74) is -0.224. The average molecular weight is 524 g/mol. The fourth-order valence-electron chi connectivity index (χ4n) is 7.67. The highest BCUT2D eigenvalue weighted by atomic mass is 19.1. The molecule has 204 valence electrons. The maximum Gasteiger partial charge on any atom is 0.270 e. The predicted molar refractivity (Wildman–Crippen MR) is 142 cm³/mol. The maximum absolute atomic E-state index is 14.9. The van der Waals surface area contributed by atoms with E-state index in [0.29, 0.717) is 60.3 Å². The van der Waals surface area contributed by atoms with Crippen LogP contribution in [0.4, 0.5) is 16.0 Å². The number of hydrogen-bond donors (Lipinski definition) is 3. The van der Waals surface area contributed by atoms with Crippen LogP contribution in [0.3, 0.4) is 0 Å². The van der Waals surface area contributed by atoms with Crippen LogP contribution in [0.2, 0.25) is 0 Å². The quantitative estimate of drug-likeness (QED) is 0.553. The van der Waals surface area contributed by atoms with Gasteiger partial charge in [0.25, 0.3) is 5.91 Å². The summed E-state index contributed by atoms with van der Waals surface area (Å²) in [5.74, 6) is 1.23. The van der Waals surface area contributed by atoms with Gasteiger partial charge in [-0.2, -0.15) is 0 Å². The van der Waals surface area contributed by atoms with Gasteiger partial charge in [-0.25, -0.2) is 14.4 Å². The first-order valence-electron chi connectivity index (χ1n) is 13.9. The number of piperazine rings is 1. The van der Waals surface area contributed by atoms with Gasteiger partial charge in [0.15, 0.2) is 0 Å². The van der Waals surface area contributed by atoms with Gasteiger partial charge in [-0.1, -0.05) is 6.07 Å². The zero-order chi connectivity index (χ0) is 26.8. The number of carbonyl (C=O) groups excluding carboxylic acids is 1. The van der Waals surface area contributed by atoms with Crippen LogP contribution < -0.4 is 15.1 Å². The van der Waals surface area contributed by atoms with E-state index in [9.17, 15) is 19.4 Å². The Hall–Kier alpha value is -2.78. The molecular formula is C29H38FN5O3. The Morgan fingerprint density at radius 1 is 1.16 bits per heavy atom. The Balaban J connectivity index is 1.12. The van der Waals surface area contributed by atoms with Crippen molar-refractivity contribution < 1.29 is 19.4 Å². The molecule has 5 fully saturated rings. The van der Waals surface area contributed by atoms with E-state index in [4.69, 9.17) is 0 Å². The summed E-state index contributed by atoms with van der Waals surface area (Å²) in [7, 11) is 0. The van der Waals surface area contributed by atoms with Gasteiger partial charge in [0.1, 0.15) is 11.5 Å². The van der Waals surface area contributed by atoms with Crippen molar-refractivity contribution in [2.24, 2.45) is 17.8 Å². The lowest BCUT2D eigenvalue weighted by Crippen LogP contribution is -2.61. The number of carbonyl (C=O) groups is 1. The molecule has 8 nitrogen and oxygen atoms in total. The minimum atomic E-state index is -1.10. The summed E-state index contributed by atoms with van der Waals surface area (Å²) in [5, 5.41) is 24.3. The molecule has 3 N–H and O–H groups in total. The molecule has 1 saturated heterocycles. The number of benzene rings is 1. The van der Waals surface area contributed by atoms with E-state index in [1.165, 1.54) is 6.07 Å². The molecule has 38 heavy (non-hydrogen) atoms. The fourth-order valence-corrected chi connectivity index (χ4v) is 7.67. The molecular weight excluding hydrogens is 485 g/mol. The van der Waals surface area contributed by atoms with E-state index in [-0.39, 0.29) is 23.8 Å². The predicted octanol–water partition coefficient (Wildman–Crippen LogP) is 3.23. The molecule has 5 aliphatic rings. The van der Waals surface area contributed by atoms with Crippen LogP contribution in [0.5, 0.6) is 0 Å². The van der Waals surface area contributed by atoms with Crippen LogP contribution in [0, 0.1) is 23.6 Å². The third kappa shape index (κ3) is 4.64. The molecule has 0 radical (unpaired) electrons. The average Bonchev–Trinajstić information content (AvgIpc) is 2.84. The Morgan fingerprint density at radius 2 is 1.89 bits per heavy atom. The largest absolute Gasteiger partial charge is 0.390 e.